The van der Waals surface area contributed by atoms with E-state index in [9.17, 15) is 0 Å². The highest BCUT2D eigenvalue weighted by atomic mass is 35.5. The van der Waals surface area contributed by atoms with Crippen molar-refractivity contribution in [2.45, 2.75) is 26.4 Å². The molecule has 2 aromatic heterocycles. The highest BCUT2D eigenvalue weighted by Gasteiger charge is 2.06. The van der Waals surface area contributed by atoms with Crippen LogP contribution in [0.5, 0.6) is 11.6 Å². The molecule has 0 spiro atoms. The standard InChI is InChI=1S/C14H16ClN3O/c1-10(2)17-7-11-6-14(18-9-13(11)15)19-12-4-3-5-16-8-12/h3-6,8-10,17H,7H2,1-2H3. The predicted molar refractivity (Wildman–Crippen MR) is 75.5 cm³/mol. The molecule has 0 unspecified atom stereocenters. The van der Waals surface area contributed by atoms with Crippen molar-refractivity contribution in [1.29, 1.82) is 0 Å². The molecule has 5 heteroatoms. The molecule has 0 atom stereocenters. The largest absolute Gasteiger partial charge is 0.437 e. The maximum Gasteiger partial charge on any atom is 0.219 e. The molecule has 19 heavy (non-hydrogen) atoms. The smallest absolute Gasteiger partial charge is 0.219 e. The summed E-state index contributed by atoms with van der Waals surface area (Å²) in [6.45, 7) is 4.85. The van der Waals surface area contributed by atoms with Crippen molar-refractivity contribution in [3.05, 3.63) is 47.4 Å². The van der Waals surface area contributed by atoms with Crippen LogP contribution in [0.25, 0.3) is 0 Å². The van der Waals surface area contributed by atoms with Crippen molar-refractivity contribution in [2.24, 2.45) is 0 Å². The van der Waals surface area contributed by atoms with E-state index < -0.39 is 0 Å². The Bertz CT molecular complexity index is 531. The lowest BCUT2D eigenvalue weighted by Crippen LogP contribution is -2.22. The lowest BCUT2D eigenvalue weighted by molar-refractivity contribution is 0.459. The van der Waals surface area contributed by atoms with Gasteiger partial charge in [0.1, 0.15) is 5.75 Å². The van der Waals surface area contributed by atoms with Crippen molar-refractivity contribution in [3.8, 4) is 11.6 Å². The first-order valence-electron chi connectivity index (χ1n) is 6.11. The molecule has 2 aromatic rings. The van der Waals surface area contributed by atoms with Crippen molar-refractivity contribution in [2.75, 3.05) is 0 Å². The molecular weight excluding hydrogens is 262 g/mol. The van der Waals surface area contributed by atoms with Crippen molar-refractivity contribution >= 4 is 11.6 Å². The maximum atomic E-state index is 6.11. The van der Waals surface area contributed by atoms with Gasteiger partial charge in [-0.15, -0.1) is 0 Å². The van der Waals surface area contributed by atoms with Crippen LogP contribution < -0.4 is 10.1 Å². The number of ether oxygens (including phenoxy) is 1. The lowest BCUT2D eigenvalue weighted by atomic mass is 10.2. The second kappa shape index (κ2) is 6.50. The SMILES string of the molecule is CC(C)NCc1cc(Oc2cccnc2)ncc1Cl. The fourth-order valence-electron chi connectivity index (χ4n) is 1.49. The predicted octanol–water partition coefficient (Wildman–Crippen LogP) is 3.42. The average molecular weight is 278 g/mol. The number of halogens is 1. The Morgan fingerprint density at radius 1 is 1.37 bits per heavy atom. The molecule has 0 aromatic carbocycles. The first kappa shape index (κ1) is 13.8. The molecule has 0 saturated heterocycles. The molecule has 0 aliphatic rings. The highest BCUT2D eigenvalue weighted by molar-refractivity contribution is 6.31. The van der Waals surface area contributed by atoms with Gasteiger partial charge in [-0.2, -0.15) is 0 Å². The van der Waals surface area contributed by atoms with Gasteiger partial charge in [0.2, 0.25) is 5.88 Å². The molecule has 4 nitrogen and oxygen atoms in total. The molecule has 2 rings (SSSR count). The first-order valence-corrected chi connectivity index (χ1v) is 6.48. The molecule has 0 amide bonds. The number of hydrogen-bond acceptors (Lipinski definition) is 4. The van der Waals surface area contributed by atoms with Gasteiger partial charge in [0.05, 0.1) is 11.2 Å². The van der Waals surface area contributed by atoms with E-state index in [2.05, 4.69) is 29.1 Å². The number of rotatable bonds is 5. The van der Waals surface area contributed by atoms with Crippen LogP contribution in [0.2, 0.25) is 5.02 Å². The van der Waals surface area contributed by atoms with Crippen molar-refractivity contribution in [1.82, 2.24) is 15.3 Å². The summed E-state index contributed by atoms with van der Waals surface area (Å²) in [6, 6.07) is 5.87. The maximum absolute atomic E-state index is 6.11. The van der Waals surface area contributed by atoms with Crippen LogP contribution in [0, 0.1) is 0 Å². The van der Waals surface area contributed by atoms with Crippen LogP contribution in [0.3, 0.4) is 0 Å². The zero-order valence-corrected chi connectivity index (χ0v) is 11.7. The molecule has 2 heterocycles. The molecule has 1 N–H and O–H groups in total. The van der Waals surface area contributed by atoms with E-state index in [0.717, 1.165) is 5.56 Å². The Morgan fingerprint density at radius 3 is 2.89 bits per heavy atom. The number of nitrogens with zero attached hydrogens (tertiary/aromatic N) is 2. The third-order valence-electron chi connectivity index (χ3n) is 2.47. The zero-order chi connectivity index (χ0) is 13.7. The molecule has 100 valence electrons. The summed E-state index contributed by atoms with van der Waals surface area (Å²) in [4.78, 5) is 8.14. The normalized spacial score (nSPS) is 10.7. The van der Waals surface area contributed by atoms with Gasteiger partial charge in [-0.3, -0.25) is 4.98 Å². The molecular formula is C14H16ClN3O. The Kier molecular flexibility index (Phi) is 4.71. The minimum Gasteiger partial charge on any atom is -0.437 e. The van der Waals surface area contributed by atoms with Crippen LogP contribution >= 0.6 is 11.6 Å². The fourth-order valence-corrected chi connectivity index (χ4v) is 1.66. The lowest BCUT2D eigenvalue weighted by Gasteiger charge is -2.11. The minimum atomic E-state index is 0.395. The molecule has 0 bridgehead atoms. The summed E-state index contributed by atoms with van der Waals surface area (Å²) >= 11 is 6.11. The van der Waals surface area contributed by atoms with Crippen LogP contribution in [0.1, 0.15) is 19.4 Å². The van der Waals surface area contributed by atoms with E-state index in [1.54, 1.807) is 18.6 Å². The minimum absolute atomic E-state index is 0.395. The van der Waals surface area contributed by atoms with E-state index in [1.807, 2.05) is 18.2 Å². The first-order chi connectivity index (χ1) is 9.15. The van der Waals surface area contributed by atoms with E-state index >= 15 is 0 Å². The molecule has 0 saturated carbocycles. The van der Waals surface area contributed by atoms with Gasteiger partial charge in [0.25, 0.3) is 0 Å². The monoisotopic (exact) mass is 277 g/mol. The van der Waals surface area contributed by atoms with E-state index in [-0.39, 0.29) is 0 Å². The van der Waals surface area contributed by atoms with E-state index in [0.29, 0.717) is 29.2 Å². The number of nitrogens with one attached hydrogen (secondary N) is 1. The van der Waals surface area contributed by atoms with Gasteiger partial charge < -0.3 is 10.1 Å². The van der Waals surface area contributed by atoms with Crippen LogP contribution in [-0.4, -0.2) is 16.0 Å². The van der Waals surface area contributed by atoms with E-state index in [4.69, 9.17) is 16.3 Å². The van der Waals surface area contributed by atoms with Crippen LogP contribution in [0.15, 0.2) is 36.8 Å². The van der Waals surface area contributed by atoms with Gasteiger partial charge >= 0.3 is 0 Å². The van der Waals surface area contributed by atoms with Gasteiger partial charge in [-0.25, -0.2) is 4.98 Å². The summed E-state index contributed by atoms with van der Waals surface area (Å²) in [7, 11) is 0. The summed E-state index contributed by atoms with van der Waals surface area (Å²) in [5.41, 5.74) is 0.962. The quantitative estimate of drug-likeness (QED) is 0.910. The summed E-state index contributed by atoms with van der Waals surface area (Å²) in [6.07, 6.45) is 4.94. The average Bonchev–Trinajstić information content (AvgIpc) is 2.40. The Morgan fingerprint density at radius 2 is 2.21 bits per heavy atom. The number of aromatic nitrogens is 2. The Hall–Kier alpha value is -1.65. The molecule has 0 fully saturated rings. The fraction of sp³-hybridized carbons (Fsp3) is 0.286. The summed E-state index contributed by atoms with van der Waals surface area (Å²) in [5.74, 6) is 1.16. The highest BCUT2D eigenvalue weighted by Crippen LogP contribution is 2.23. The summed E-state index contributed by atoms with van der Waals surface area (Å²) in [5, 5.41) is 3.94. The number of pyridine rings is 2. The molecule has 0 radical (unpaired) electrons. The van der Waals surface area contributed by atoms with Gasteiger partial charge in [-0.1, -0.05) is 25.4 Å². The van der Waals surface area contributed by atoms with Crippen LogP contribution in [-0.2, 0) is 6.54 Å². The van der Waals surface area contributed by atoms with Crippen molar-refractivity contribution in [3.63, 3.8) is 0 Å². The molecule has 0 aliphatic carbocycles. The summed E-state index contributed by atoms with van der Waals surface area (Å²) < 4.78 is 5.62. The second-order valence-corrected chi connectivity index (χ2v) is 4.85. The number of hydrogen-bond donors (Lipinski definition) is 1. The third-order valence-corrected chi connectivity index (χ3v) is 2.81. The van der Waals surface area contributed by atoms with Crippen LogP contribution in [0.4, 0.5) is 0 Å². The topological polar surface area (TPSA) is 47.0 Å². The molecule has 0 aliphatic heterocycles. The van der Waals surface area contributed by atoms with Gasteiger partial charge in [0.15, 0.2) is 0 Å². The zero-order valence-electron chi connectivity index (χ0n) is 10.9. The Balaban J connectivity index is 2.12. The van der Waals surface area contributed by atoms with Gasteiger partial charge in [0, 0.05) is 31.0 Å². The van der Waals surface area contributed by atoms with Crippen molar-refractivity contribution < 1.29 is 4.74 Å². The Labute approximate surface area is 117 Å². The van der Waals surface area contributed by atoms with E-state index in [1.165, 1.54) is 0 Å². The third kappa shape index (κ3) is 4.19. The van der Waals surface area contributed by atoms with Gasteiger partial charge in [-0.05, 0) is 17.7 Å². The second-order valence-electron chi connectivity index (χ2n) is 4.44.